The van der Waals surface area contributed by atoms with E-state index in [1.807, 2.05) is 4.90 Å². The second-order valence-electron chi connectivity index (χ2n) is 6.67. The fourth-order valence-corrected chi connectivity index (χ4v) is 3.15. The van der Waals surface area contributed by atoms with E-state index in [0.29, 0.717) is 32.0 Å². The molecule has 0 aromatic rings. The van der Waals surface area contributed by atoms with Crippen molar-refractivity contribution < 1.29 is 9.53 Å². The van der Waals surface area contributed by atoms with Crippen LogP contribution < -0.4 is 5.73 Å². The van der Waals surface area contributed by atoms with Crippen LogP contribution in [0.25, 0.3) is 0 Å². The predicted octanol–water partition coefficient (Wildman–Crippen LogP) is 2.84. The Bertz CT molecular complexity index is 292. The molecule has 1 fully saturated rings. The first kappa shape index (κ1) is 20.7. The summed E-state index contributed by atoms with van der Waals surface area (Å²) in [6.45, 7) is 7.03. The van der Waals surface area contributed by atoms with Crippen molar-refractivity contribution in [1.82, 2.24) is 4.90 Å². The zero-order valence-electron chi connectivity index (χ0n) is 13.9. The van der Waals surface area contributed by atoms with E-state index in [1.54, 1.807) is 7.11 Å². The van der Waals surface area contributed by atoms with Gasteiger partial charge in [0.05, 0.1) is 6.61 Å². The first-order chi connectivity index (χ1) is 9.53. The number of hydrogen-bond acceptors (Lipinski definition) is 3. The molecule has 5 heteroatoms. The molecule has 21 heavy (non-hydrogen) atoms. The number of nitrogens with zero attached hydrogens (tertiary/aromatic N) is 1. The Balaban J connectivity index is 0.00000400. The highest BCUT2D eigenvalue weighted by atomic mass is 35.5. The van der Waals surface area contributed by atoms with Crippen LogP contribution in [0.2, 0.25) is 0 Å². The second-order valence-corrected chi connectivity index (χ2v) is 6.67. The Labute approximate surface area is 136 Å². The molecular formula is C16H33ClN2O2. The van der Waals surface area contributed by atoms with Gasteiger partial charge in [-0.3, -0.25) is 4.79 Å². The van der Waals surface area contributed by atoms with Crippen LogP contribution >= 0.6 is 12.4 Å². The number of carbonyl (C=O) groups is 1. The highest BCUT2D eigenvalue weighted by Crippen LogP contribution is 2.38. The molecule has 1 amide bonds. The summed E-state index contributed by atoms with van der Waals surface area (Å²) >= 11 is 0. The standard InChI is InChI=1S/C16H32N2O2.ClH/c1-14(2)12-18(9-10-20-3)15(19)11-16(13-17)7-5-4-6-8-16;/h14H,4-13,17H2,1-3H3;1H. The Hall–Kier alpha value is -0.320. The van der Waals surface area contributed by atoms with Gasteiger partial charge in [0.1, 0.15) is 0 Å². The van der Waals surface area contributed by atoms with E-state index in [2.05, 4.69) is 13.8 Å². The van der Waals surface area contributed by atoms with Gasteiger partial charge >= 0.3 is 0 Å². The number of halogens is 1. The molecule has 0 heterocycles. The second kappa shape index (κ2) is 10.4. The fourth-order valence-electron chi connectivity index (χ4n) is 3.15. The third kappa shape index (κ3) is 6.98. The lowest BCUT2D eigenvalue weighted by atomic mass is 9.71. The normalized spacial score (nSPS) is 17.4. The maximum absolute atomic E-state index is 12.6. The van der Waals surface area contributed by atoms with E-state index in [4.69, 9.17) is 10.5 Å². The van der Waals surface area contributed by atoms with Crippen molar-refractivity contribution in [3.05, 3.63) is 0 Å². The monoisotopic (exact) mass is 320 g/mol. The van der Waals surface area contributed by atoms with E-state index in [9.17, 15) is 4.79 Å². The summed E-state index contributed by atoms with van der Waals surface area (Å²) in [5.74, 6) is 0.735. The molecule has 0 bridgehead atoms. The minimum atomic E-state index is 0. The van der Waals surface area contributed by atoms with E-state index < -0.39 is 0 Å². The van der Waals surface area contributed by atoms with Crippen molar-refractivity contribution in [1.29, 1.82) is 0 Å². The summed E-state index contributed by atoms with van der Waals surface area (Å²) in [5.41, 5.74) is 6.05. The largest absolute Gasteiger partial charge is 0.383 e. The molecule has 0 aromatic carbocycles. The van der Waals surface area contributed by atoms with Crippen molar-refractivity contribution in [3.8, 4) is 0 Å². The molecule has 0 aliphatic heterocycles. The minimum absolute atomic E-state index is 0. The molecule has 1 rings (SSSR count). The van der Waals surface area contributed by atoms with Gasteiger partial charge in [0, 0.05) is 26.6 Å². The van der Waals surface area contributed by atoms with Crippen molar-refractivity contribution in [2.24, 2.45) is 17.1 Å². The van der Waals surface area contributed by atoms with E-state index in [1.165, 1.54) is 19.3 Å². The molecule has 1 aliphatic carbocycles. The Morgan fingerprint density at radius 1 is 1.29 bits per heavy atom. The Kier molecular flexibility index (Phi) is 10.3. The van der Waals surface area contributed by atoms with Crippen molar-refractivity contribution in [3.63, 3.8) is 0 Å². The van der Waals surface area contributed by atoms with Gasteiger partial charge in [0.2, 0.25) is 5.91 Å². The molecule has 4 nitrogen and oxygen atoms in total. The van der Waals surface area contributed by atoms with Gasteiger partial charge in [0.25, 0.3) is 0 Å². The molecule has 0 atom stereocenters. The molecule has 0 radical (unpaired) electrons. The molecule has 0 aromatic heterocycles. The molecule has 0 spiro atoms. The maximum Gasteiger partial charge on any atom is 0.223 e. The van der Waals surface area contributed by atoms with Crippen molar-refractivity contribution in [2.45, 2.75) is 52.4 Å². The molecular weight excluding hydrogens is 288 g/mol. The SMILES string of the molecule is COCCN(CC(C)C)C(=O)CC1(CN)CCCCC1.Cl. The van der Waals surface area contributed by atoms with Crippen LogP contribution in [0.3, 0.4) is 0 Å². The lowest BCUT2D eigenvalue weighted by Gasteiger charge is -2.37. The lowest BCUT2D eigenvalue weighted by Crippen LogP contribution is -2.42. The van der Waals surface area contributed by atoms with Crippen molar-refractivity contribution in [2.75, 3.05) is 33.4 Å². The third-order valence-electron chi connectivity index (χ3n) is 4.38. The highest BCUT2D eigenvalue weighted by molar-refractivity contribution is 5.85. The Morgan fingerprint density at radius 2 is 1.90 bits per heavy atom. The van der Waals surface area contributed by atoms with Gasteiger partial charge in [-0.15, -0.1) is 12.4 Å². The van der Waals surface area contributed by atoms with Gasteiger partial charge in [-0.25, -0.2) is 0 Å². The van der Waals surface area contributed by atoms with Crippen LogP contribution in [0.4, 0.5) is 0 Å². The quantitative estimate of drug-likeness (QED) is 0.748. The first-order valence-corrected chi connectivity index (χ1v) is 8.00. The highest BCUT2D eigenvalue weighted by Gasteiger charge is 2.34. The van der Waals surface area contributed by atoms with E-state index in [0.717, 1.165) is 19.4 Å². The minimum Gasteiger partial charge on any atom is -0.383 e. The number of carbonyl (C=O) groups excluding carboxylic acids is 1. The maximum atomic E-state index is 12.6. The number of ether oxygens (including phenoxy) is 1. The first-order valence-electron chi connectivity index (χ1n) is 8.00. The summed E-state index contributed by atoms with van der Waals surface area (Å²) in [7, 11) is 1.68. The zero-order chi connectivity index (χ0) is 15.0. The van der Waals surface area contributed by atoms with Gasteiger partial charge in [-0.1, -0.05) is 33.1 Å². The van der Waals surface area contributed by atoms with Crippen LogP contribution in [0.1, 0.15) is 52.4 Å². The molecule has 1 aliphatic rings. The van der Waals surface area contributed by atoms with E-state index in [-0.39, 0.29) is 23.7 Å². The van der Waals surface area contributed by atoms with Crippen LogP contribution in [0, 0.1) is 11.3 Å². The van der Waals surface area contributed by atoms with Crippen LogP contribution in [-0.4, -0.2) is 44.2 Å². The number of hydrogen-bond donors (Lipinski definition) is 1. The van der Waals surface area contributed by atoms with Gasteiger partial charge < -0.3 is 15.4 Å². The van der Waals surface area contributed by atoms with Crippen molar-refractivity contribution >= 4 is 18.3 Å². The summed E-state index contributed by atoms with van der Waals surface area (Å²) in [6, 6.07) is 0. The fraction of sp³-hybridized carbons (Fsp3) is 0.938. The number of methoxy groups -OCH3 is 1. The van der Waals surface area contributed by atoms with Gasteiger partial charge in [0.15, 0.2) is 0 Å². The smallest absolute Gasteiger partial charge is 0.223 e. The molecule has 1 saturated carbocycles. The lowest BCUT2D eigenvalue weighted by molar-refractivity contribution is -0.135. The average Bonchev–Trinajstić information content (AvgIpc) is 2.44. The Morgan fingerprint density at radius 3 is 2.38 bits per heavy atom. The third-order valence-corrected chi connectivity index (χ3v) is 4.38. The topological polar surface area (TPSA) is 55.6 Å². The number of amides is 1. The van der Waals surface area contributed by atoms with Gasteiger partial charge in [-0.05, 0) is 30.7 Å². The van der Waals surface area contributed by atoms with Crippen LogP contribution in [0.5, 0.6) is 0 Å². The van der Waals surface area contributed by atoms with Crippen LogP contribution in [0.15, 0.2) is 0 Å². The summed E-state index contributed by atoms with van der Waals surface area (Å²) in [4.78, 5) is 14.6. The zero-order valence-corrected chi connectivity index (χ0v) is 14.7. The molecule has 2 N–H and O–H groups in total. The van der Waals surface area contributed by atoms with Gasteiger partial charge in [-0.2, -0.15) is 0 Å². The number of rotatable bonds is 8. The molecule has 0 saturated heterocycles. The number of nitrogens with two attached hydrogens (primary N) is 1. The summed E-state index contributed by atoms with van der Waals surface area (Å²) in [6.07, 6.45) is 6.54. The van der Waals surface area contributed by atoms with Crippen LogP contribution in [-0.2, 0) is 9.53 Å². The molecule has 126 valence electrons. The summed E-state index contributed by atoms with van der Waals surface area (Å²) in [5, 5.41) is 0. The van der Waals surface area contributed by atoms with E-state index >= 15 is 0 Å². The summed E-state index contributed by atoms with van der Waals surface area (Å²) < 4.78 is 5.13. The molecule has 0 unspecified atom stereocenters. The predicted molar refractivity (Wildman–Crippen MR) is 89.7 cm³/mol. The average molecular weight is 321 g/mol.